The van der Waals surface area contributed by atoms with Gasteiger partial charge in [-0.2, -0.15) is 0 Å². The Morgan fingerprint density at radius 1 is 0.469 bits per heavy atom. The third-order valence-electron chi connectivity index (χ3n) is 6.60. The van der Waals surface area contributed by atoms with Gasteiger partial charge in [0.05, 0.1) is 16.6 Å². The Morgan fingerprint density at radius 2 is 1.09 bits per heavy atom. The van der Waals surface area contributed by atoms with Crippen LogP contribution < -0.4 is 0 Å². The van der Waals surface area contributed by atoms with Gasteiger partial charge in [-0.05, 0) is 52.6 Å². The number of hydrogen-bond donors (Lipinski definition) is 0. The van der Waals surface area contributed by atoms with Crippen molar-refractivity contribution in [1.29, 1.82) is 0 Å². The number of nitrogens with zero attached hydrogens (tertiary/aromatic N) is 1. The van der Waals surface area contributed by atoms with Crippen molar-refractivity contribution in [3.05, 3.63) is 114 Å². The van der Waals surface area contributed by atoms with E-state index in [2.05, 4.69) is 130 Å². The van der Waals surface area contributed by atoms with Crippen molar-refractivity contribution < 1.29 is 0 Å². The maximum absolute atomic E-state index is 3.63. The van der Waals surface area contributed by atoms with Crippen LogP contribution in [0.5, 0.6) is 0 Å². The van der Waals surface area contributed by atoms with Crippen molar-refractivity contribution in [2.24, 2.45) is 0 Å². The van der Waals surface area contributed by atoms with Gasteiger partial charge in [-0.25, -0.2) is 0 Å². The summed E-state index contributed by atoms with van der Waals surface area (Å²) >= 11 is 3.63. The molecule has 5 aromatic carbocycles. The highest BCUT2D eigenvalue weighted by Crippen LogP contribution is 2.41. The van der Waals surface area contributed by atoms with Crippen LogP contribution in [0.3, 0.4) is 0 Å². The van der Waals surface area contributed by atoms with Crippen LogP contribution in [0.25, 0.3) is 60.3 Å². The molecule has 0 aliphatic rings. The third kappa shape index (κ3) is 2.44. The SMILES string of the molecule is Brc1cccc(-c2ccccc2-c2ccc3c(c2)c2cccc4c5ccccc5n3c42)c1. The molecule has 7 rings (SSSR count). The molecule has 2 heterocycles. The smallest absolute Gasteiger partial charge is 0.0620 e. The standard InChI is InChI=1S/C30H18BrN/c31-21-8-5-7-19(17-21)22-9-1-2-10-23(22)20-15-16-29-27(18-20)26-13-6-12-25-24-11-3-4-14-28(24)32(29)30(25)26/h1-18H. The summed E-state index contributed by atoms with van der Waals surface area (Å²) in [6.07, 6.45) is 0. The molecular weight excluding hydrogens is 454 g/mol. The first-order valence-corrected chi connectivity index (χ1v) is 11.6. The molecular formula is C30H18BrN. The van der Waals surface area contributed by atoms with E-state index in [-0.39, 0.29) is 0 Å². The fourth-order valence-corrected chi connectivity index (χ4v) is 5.64. The lowest BCUT2D eigenvalue weighted by Gasteiger charge is -2.11. The molecule has 2 heteroatoms. The van der Waals surface area contributed by atoms with Crippen LogP contribution in [0.4, 0.5) is 0 Å². The molecule has 0 N–H and O–H groups in total. The predicted octanol–water partition coefficient (Wildman–Crippen LogP) is 8.93. The zero-order valence-electron chi connectivity index (χ0n) is 17.2. The topological polar surface area (TPSA) is 4.41 Å². The van der Waals surface area contributed by atoms with Crippen LogP contribution in [0.2, 0.25) is 0 Å². The molecule has 0 saturated heterocycles. The highest BCUT2D eigenvalue weighted by Gasteiger charge is 2.17. The zero-order chi connectivity index (χ0) is 21.2. The Labute approximate surface area is 194 Å². The minimum atomic E-state index is 1.09. The van der Waals surface area contributed by atoms with Gasteiger partial charge in [0.1, 0.15) is 0 Å². The molecule has 32 heavy (non-hydrogen) atoms. The van der Waals surface area contributed by atoms with E-state index >= 15 is 0 Å². The first-order valence-electron chi connectivity index (χ1n) is 10.8. The molecule has 0 aliphatic carbocycles. The van der Waals surface area contributed by atoms with Crippen molar-refractivity contribution in [2.45, 2.75) is 0 Å². The number of aromatic nitrogens is 1. The van der Waals surface area contributed by atoms with Crippen molar-refractivity contribution >= 4 is 54.0 Å². The van der Waals surface area contributed by atoms with Gasteiger partial charge in [0.2, 0.25) is 0 Å². The lowest BCUT2D eigenvalue weighted by molar-refractivity contribution is 1.37. The van der Waals surface area contributed by atoms with Crippen molar-refractivity contribution in [3.63, 3.8) is 0 Å². The minimum Gasteiger partial charge on any atom is -0.308 e. The average Bonchev–Trinajstić information content (AvgIpc) is 3.36. The van der Waals surface area contributed by atoms with Crippen LogP contribution in [0, 0.1) is 0 Å². The normalized spacial score (nSPS) is 11.9. The van der Waals surface area contributed by atoms with Gasteiger partial charge in [0, 0.05) is 26.0 Å². The van der Waals surface area contributed by atoms with Gasteiger partial charge in [-0.15, -0.1) is 0 Å². The van der Waals surface area contributed by atoms with Gasteiger partial charge in [-0.1, -0.05) is 94.8 Å². The second kappa shape index (κ2) is 6.69. The second-order valence-electron chi connectivity index (χ2n) is 8.34. The summed E-state index contributed by atoms with van der Waals surface area (Å²) in [6.45, 7) is 0. The molecule has 0 spiro atoms. The summed E-state index contributed by atoms with van der Waals surface area (Å²) in [6, 6.07) is 39.5. The fraction of sp³-hybridized carbons (Fsp3) is 0. The molecule has 0 fully saturated rings. The van der Waals surface area contributed by atoms with E-state index in [0.29, 0.717) is 0 Å². The molecule has 0 amide bonds. The first-order chi connectivity index (χ1) is 15.8. The number of para-hydroxylation sites is 2. The van der Waals surface area contributed by atoms with Gasteiger partial charge in [0.25, 0.3) is 0 Å². The number of halogens is 1. The van der Waals surface area contributed by atoms with Crippen LogP contribution in [0.1, 0.15) is 0 Å². The summed E-state index contributed by atoms with van der Waals surface area (Å²) in [5.41, 5.74) is 8.82. The number of rotatable bonds is 2. The molecule has 0 unspecified atom stereocenters. The fourth-order valence-electron chi connectivity index (χ4n) is 5.24. The van der Waals surface area contributed by atoms with Crippen LogP contribution in [0.15, 0.2) is 114 Å². The summed E-state index contributed by atoms with van der Waals surface area (Å²) < 4.78 is 3.52. The van der Waals surface area contributed by atoms with E-state index in [4.69, 9.17) is 0 Å². The Kier molecular flexibility index (Phi) is 3.76. The number of hydrogen-bond acceptors (Lipinski definition) is 0. The van der Waals surface area contributed by atoms with Crippen molar-refractivity contribution in [1.82, 2.24) is 4.40 Å². The summed E-state index contributed by atoms with van der Waals surface area (Å²) in [5, 5.41) is 5.26. The van der Waals surface area contributed by atoms with E-state index in [1.807, 2.05) is 0 Å². The van der Waals surface area contributed by atoms with Gasteiger partial charge < -0.3 is 4.40 Å². The molecule has 0 saturated carbocycles. The number of fused-ring (bicyclic) bond motifs is 6. The van der Waals surface area contributed by atoms with E-state index in [1.165, 1.54) is 60.3 Å². The lowest BCUT2D eigenvalue weighted by Crippen LogP contribution is -1.86. The predicted molar refractivity (Wildman–Crippen MR) is 140 cm³/mol. The Hall–Kier alpha value is -3.62. The van der Waals surface area contributed by atoms with Gasteiger partial charge in [-0.3, -0.25) is 0 Å². The largest absolute Gasteiger partial charge is 0.308 e. The molecule has 7 aromatic rings. The highest BCUT2D eigenvalue weighted by atomic mass is 79.9. The van der Waals surface area contributed by atoms with E-state index < -0.39 is 0 Å². The Balaban J connectivity index is 1.54. The molecule has 0 bridgehead atoms. The van der Waals surface area contributed by atoms with Gasteiger partial charge >= 0.3 is 0 Å². The molecule has 2 aromatic heterocycles. The Morgan fingerprint density at radius 3 is 1.91 bits per heavy atom. The molecule has 0 atom stereocenters. The van der Waals surface area contributed by atoms with Gasteiger partial charge in [0.15, 0.2) is 0 Å². The minimum absolute atomic E-state index is 1.09. The number of benzene rings is 5. The van der Waals surface area contributed by atoms with E-state index in [9.17, 15) is 0 Å². The maximum Gasteiger partial charge on any atom is 0.0620 e. The van der Waals surface area contributed by atoms with Crippen LogP contribution in [-0.4, -0.2) is 4.40 Å². The molecule has 0 aliphatic heterocycles. The average molecular weight is 472 g/mol. The molecule has 0 radical (unpaired) electrons. The Bertz CT molecular complexity index is 1790. The van der Waals surface area contributed by atoms with Crippen LogP contribution in [-0.2, 0) is 0 Å². The van der Waals surface area contributed by atoms with Crippen molar-refractivity contribution in [2.75, 3.05) is 0 Å². The second-order valence-corrected chi connectivity index (χ2v) is 9.26. The monoisotopic (exact) mass is 471 g/mol. The summed E-state index contributed by atoms with van der Waals surface area (Å²) in [5.74, 6) is 0. The lowest BCUT2D eigenvalue weighted by atomic mass is 9.93. The summed E-state index contributed by atoms with van der Waals surface area (Å²) in [7, 11) is 0. The maximum atomic E-state index is 3.63. The van der Waals surface area contributed by atoms with Crippen LogP contribution >= 0.6 is 15.9 Å². The van der Waals surface area contributed by atoms with E-state index in [1.54, 1.807) is 0 Å². The molecule has 150 valence electrons. The van der Waals surface area contributed by atoms with Crippen molar-refractivity contribution in [3.8, 4) is 22.3 Å². The quantitative estimate of drug-likeness (QED) is 0.237. The zero-order valence-corrected chi connectivity index (χ0v) is 18.8. The third-order valence-corrected chi connectivity index (χ3v) is 7.09. The summed E-state index contributed by atoms with van der Waals surface area (Å²) in [4.78, 5) is 0. The van der Waals surface area contributed by atoms with E-state index in [0.717, 1.165) is 4.47 Å². The molecule has 1 nitrogen and oxygen atoms in total. The first kappa shape index (κ1) is 18.0. The highest BCUT2D eigenvalue weighted by molar-refractivity contribution is 9.10.